The van der Waals surface area contributed by atoms with Crippen LogP contribution in [0.3, 0.4) is 0 Å². The van der Waals surface area contributed by atoms with Crippen LogP contribution in [0, 0.1) is 0 Å². The van der Waals surface area contributed by atoms with Gasteiger partial charge in [0.05, 0.1) is 7.11 Å². The summed E-state index contributed by atoms with van der Waals surface area (Å²) >= 11 is 6.12. The van der Waals surface area contributed by atoms with Crippen LogP contribution < -0.4 is 10.6 Å². The minimum Gasteiger partial charge on any atom is -0.469 e. The Kier molecular flexibility index (Phi) is 7.79. The van der Waals surface area contributed by atoms with E-state index < -0.39 is 0 Å². The molecule has 0 saturated carbocycles. The Labute approximate surface area is 130 Å². The van der Waals surface area contributed by atoms with Crippen LogP contribution in [0.4, 0.5) is 0 Å². The highest BCUT2D eigenvalue weighted by atomic mass is 35.5. The predicted molar refractivity (Wildman–Crippen MR) is 80.9 cm³/mol. The van der Waals surface area contributed by atoms with Crippen molar-refractivity contribution in [2.75, 3.05) is 20.2 Å². The molecule has 21 heavy (non-hydrogen) atoms. The molecular weight excluding hydrogens is 292 g/mol. The summed E-state index contributed by atoms with van der Waals surface area (Å²) in [5, 5.41) is 5.41. The van der Waals surface area contributed by atoms with Crippen molar-refractivity contribution in [1.29, 1.82) is 0 Å². The van der Waals surface area contributed by atoms with Gasteiger partial charge in [-0.1, -0.05) is 29.8 Å². The van der Waals surface area contributed by atoms with Crippen molar-refractivity contribution in [1.82, 2.24) is 5.32 Å². The number of carbonyl (C=O) groups is 2. The molecule has 5 nitrogen and oxygen atoms in total. The standard InChI is InChI=1S/C15H21ClN2O3/c1-11(12-6-3-4-7-13(12)16)18-10-14(19)17-9-5-8-15(20)21-2/h3-4,6-7,11,18H,5,8-10H2,1-2H3,(H,17,19)/p+1/t11-/m1/s1. The van der Waals surface area contributed by atoms with Gasteiger partial charge in [0, 0.05) is 23.6 Å². The van der Waals surface area contributed by atoms with Crippen LogP contribution in [0.5, 0.6) is 0 Å². The molecule has 0 heterocycles. The van der Waals surface area contributed by atoms with Gasteiger partial charge >= 0.3 is 5.97 Å². The fraction of sp³-hybridized carbons (Fsp3) is 0.467. The minimum absolute atomic E-state index is 0.0567. The average Bonchev–Trinajstić information content (AvgIpc) is 2.49. The van der Waals surface area contributed by atoms with E-state index >= 15 is 0 Å². The molecule has 0 aromatic heterocycles. The molecule has 0 fully saturated rings. The van der Waals surface area contributed by atoms with Crippen LogP contribution in [0.25, 0.3) is 0 Å². The van der Waals surface area contributed by atoms with Crippen molar-refractivity contribution in [3.63, 3.8) is 0 Å². The lowest BCUT2D eigenvalue weighted by Crippen LogP contribution is -2.87. The molecule has 0 aliphatic rings. The second-order valence-electron chi connectivity index (χ2n) is 4.78. The van der Waals surface area contributed by atoms with E-state index in [9.17, 15) is 9.59 Å². The lowest BCUT2D eigenvalue weighted by Gasteiger charge is -2.12. The number of carbonyl (C=O) groups excluding carboxylic acids is 2. The van der Waals surface area contributed by atoms with Gasteiger partial charge in [0.2, 0.25) is 0 Å². The number of rotatable bonds is 8. The first-order valence-electron chi connectivity index (χ1n) is 6.96. The smallest absolute Gasteiger partial charge is 0.305 e. The average molecular weight is 314 g/mol. The zero-order chi connectivity index (χ0) is 15.7. The molecule has 1 aromatic carbocycles. The van der Waals surface area contributed by atoms with Gasteiger partial charge in [0.1, 0.15) is 6.04 Å². The van der Waals surface area contributed by atoms with Crippen molar-refractivity contribution in [3.8, 4) is 0 Å². The van der Waals surface area contributed by atoms with Crippen LogP contribution in [0.2, 0.25) is 5.02 Å². The van der Waals surface area contributed by atoms with Crippen molar-refractivity contribution in [2.45, 2.75) is 25.8 Å². The van der Waals surface area contributed by atoms with Gasteiger partial charge in [-0.05, 0) is 19.4 Å². The molecule has 0 saturated heterocycles. The summed E-state index contributed by atoms with van der Waals surface area (Å²) in [4.78, 5) is 22.6. The highest BCUT2D eigenvalue weighted by Gasteiger charge is 2.13. The Morgan fingerprint density at radius 1 is 1.38 bits per heavy atom. The third-order valence-corrected chi connectivity index (χ3v) is 3.50. The Hall–Kier alpha value is -1.59. The first-order valence-corrected chi connectivity index (χ1v) is 7.33. The van der Waals surface area contributed by atoms with Crippen molar-refractivity contribution in [3.05, 3.63) is 34.9 Å². The third-order valence-electron chi connectivity index (χ3n) is 3.16. The highest BCUT2D eigenvalue weighted by Crippen LogP contribution is 2.19. The molecule has 1 rings (SSSR count). The van der Waals surface area contributed by atoms with Gasteiger partial charge in [-0.25, -0.2) is 0 Å². The SMILES string of the molecule is COC(=O)CCCNC(=O)C[NH2+][C@H](C)c1ccccc1Cl. The summed E-state index contributed by atoms with van der Waals surface area (Å²) < 4.78 is 4.53. The van der Waals surface area contributed by atoms with E-state index in [1.807, 2.05) is 36.5 Å². The quantitative estimate of drug-likeness (QED) is 0.556. The molecule has 3 N–H and O–H groups in total. The maximum absolute atomic E-state index is 11.7. The number of halogens is 1. The second kappa shape index (κ2) is 9.37. The lowest BCUT2D eigenvalue weighted by atomic mass is 10.1. The van der Waals surface area contributed by atoms with Gasteiger partial charge in [0.25, 0.3) is 5.91 Å². The summed E-state index contributed by atoms with van der Waals surface area (Å²) in [5.74, 6) is -0.318. The van der Waals surface area contributed by atoms with E-state index in [2.05, 4.69) is 10.1 Å². The summed E-state index contributed by atoms with van der Waals surface area (Å²) in [6, 6.07) is 7.72. The fourth-order valence-corrected chi connectivity index (χ4v) is 2.20. The van der Waals surface area contributed by atoms with Gasteiger partial charge in [0.15, 0.2) is 6.54 Å². The van der Waals surface area contributed by atoms with E-state index in [1.54, 1.807) is 0 Å². The predicted octanol–water partition coefficient (Wildman–Crippen LogP) is 1.03. The number of nitrogens with one attached hydrogen (secondary N) is 1. The normalized spacial score (nSPS) is 11.8. The molecule has 0 aliphatic heterocycles. The first-order chi connectivity index (χ1) is 10.0. The molecule has 0 aliphatic carbocycles. The molecule has 1 aromatic rings. The Balaban J connectivity index is 2.24. The van der Waals surface area contributed by atoms with E-state index in [1.165, 1.54) is 7.11 Å². The van der Waals surface area contributed by atoms with Crippen molar-refractivity contribution >= 4 is 23.5 Å². The van der Waals surface area contributed by atoms with E-state index in [-0.39, 0.29) is 17.9 Å². The maximum Gasteiger partial charge on any atom is 0.305 e. The molecule has 0 spiro atoms. The molecule has 1 atom stereocenters. The largest absolute Gasteiger partial charge is 0.469 e. The summed E-state index contributed by atoms with van der Waals surface area (Å²) in [6.45, 7) is 2.80. The third kappa shape index (κ3) is 6.60. The van der Waals surface area contributed by atoms with Crippen LogP contribution in [0.15, 0.2) is 24.3 Å². The Morgan fingerprint density at radius 3 is 2.76 bits per heavy atom. The van der Waals surface area contributed by atoms with E-state index in [0.717, 1.165) is 5.56 Å². The summed E-state index contributed by atoms with van der Waals surface area (Å²) in [7, 11) is 1.35. The number of hydrogen-bond acceptors (Lipinski definition) is 3. The van der Waals surface area contributed by atoms with Crippen LogP contribution in [0.1, 0.15) is 31.4 Å². The van der Waals surface area contributed by atoms with Crippen molar-refractivity contribution < 1.29 is 19.6 Å². The van der Waals surface area contributed by atoms with Crippen LogP contribution in [-0.4, -0.2) is 32.1 Å². The monoisotopic (exact) mass is 313 g/mol. The molecule has 6 heteroatoms. The van der Waals surface area contributed by atoms with Crippen molar-refractivity contribution in [2.24, 2.45) is 0 Å². The summed E-state index contributed by atoms with van der Waals surface area (Å²) in [5.41, 5.74) is 1.01. The number of amides is 1. The number of benzene rings is 1. The molecule has 116 valence electrons. The minimum atomic E-state index is -0.261. The first kappa shape index (κ1) is 17.5. The van der Waals surface area contributed by atoms with E-state index in [4.69, 9.17) is 11.6 Å². The second-order valence-corrected chi connectivity index (χ2v) is 5.19. The Morgan fingerprint density at radius 2 is 2.10 bits per heavy atom. The van der Waals surface area contributed by atoms with Crippen LogP contribution >= 0.6 is 11.6 Å². The van der Waals surface area contributed by atoms with Gasteiger partial charge in [-0.15, -0.1) is 0 Å². The molecule has 1 amide bonds. The number of hydrogen-bond donors (Lipinski definition) is 2. The molecule has 0 unspecified atom stereocenters. The molecule has 0 radical (unpaired) electrons. The number of quaternary nitrogens is 1. The number of nitrogens with two attached hydrogens (primary N) is 1. The fourth-order valence-electron chi connectivity index (χ4n) is 1.89. The zero-order valence-corrected chi connectivity index (χ0v) is 13.2. The number of methoxy groups -OCH3 is 1. The summed E-state index contributed by atoms with van der Waals surface area (Å²) in [6.07, 6.45) is 0.898. The Bertz CT molecular complexity index is 480. The van der Waals surface area contributed by atoms with Gasteiger partial charge in [-0.3, -0.25) is 9.59 Å². The maximum atomic E-state index is 11.7. The number of esters is 1. The lowest BCUT2D eigenvalue weighted by molar-refractivity contribution is -0.682. The zero-order valence-electron chi connectivity index (χ0n) is 12.4. The van der Waals surface area contributed by atoms with Gasteiger partial charge in [-0.2, -0.15) is 0 Å². The van der Waals surface area contributed by atoms with Crippen LogP contribution in [-0.2, 0) is 14.3 Å². The molecule has 0 bridgehead atoms. The molecular formula is C15H22ClN2O3+. The number of ether oxygens (including phenoxy) is 1. The van der Waals surface area contributed by atoms with E-state index in [0.29, 0.717) is 31.0 Å². The van der Waals surface area contributed by atoms with Gasteiger partial charge < -0.3 is 15.4 Å². The topological polar surface area (TPSA) is 72.0 Å². The highest BCUT2D eigenvalue weighted by molar-refractivity contribution is 6.31.